The molecule has 0 radical (unpaired) electrons. The maximum Gasteiger partial charge on any atom is 0.417 e. The second-order valence-corrected chi connectivity index (χ2v) is 9.50. The van der Waals surface area contributed by atoms with Gasteiger partial charge in [0, 0.05) is 44.0 Å². The molecule has 0 bridgehead atoms. The molecular formula is C22H28F3N3O3. The van der Waals surface area contributed by atoms with Crippen molar-refractivity contribution in [1.29, 1.82) is 0 Å². The van der Waals surface area contributed by atoms with Gasteiger partial charge in [-0.2, -0.15) is 13.2 Å². The number of hydrogen-bond donors (Lipinski definition) is 1. The summed E-state index contributed by atoms with van der Waals surface area (Å²) >= 11 is 0. The first kappa shape index (κ1) is 21.2. The van der Waals surface area contributed by atoms with Crippen molar-refractivity contribution in [3.05, 3.63) is 29.1 Å². The fourth-order valence-electron chi connectivity index (χ4n) is 6.19. The number of nitrogens with one attached hydrogen (secondary N) is 1. The minimum atomic E-state index is -4.43. The summed E-state index contributed by atoms with van der Waals surface area (Å²) in [6.07, 6.45) is -0.558. The molecule has 1 spiro atoms. The van der Waals surface area contributed by atoms with E-state index in [4.69, 9.17) is 9.47 Å². The van der Waals surface area contributed by atoms with Crippen LogP contribution >= 0.6 is 0 Å². The summed E-state index contributed by atoms with van der Waals surface area (Å²) in [5.74, 6) is 0.213. The predicted molar refractivity (Wildman–Crippen MR) is 105 cm³/mol. The number of methoxy groups -OCH3 is 1. The first-order valence-electron chi connectivity index (χ1n) is 11.0. The fourth-order valence-corrected chi connectivity index (χ4v) is 6.19. The predicted octanol–water partition coefficient (Wildman–Crippen LogP) is 2.55. The van der Waals surface area contributed by atoms with E-state index >= 15 is 0 Å². The number of rotatable bonds is 3. The van der Waals surface area contributed by atoms with E-state index in [2.05, 4.69) is 17.2 Å². The molecular weight excluding hydrogens is 411 g/mol. The van der Waals surface area contributed by atoms with Gasteiger partial charge in [-0.1, -0.05) is 6.92 Å². The summed E-state index contributed by atoms with van der Waals surface area (Å²) in [6.45, 7) is 3.50. The average molecular weight is 439 g/mol. The van der Waals surface area contributed by atoms with Gasteiger partial charge in [0.15, 0.2) is 0 Å². The van der Waals surface area contributed by atoms with Crippen LogP contribution in [0.1, 0.15) is 43.0 Å². The summed E-state index contributed by atoms with van der Waals surface area (Å²) in [4.78, 5) is 19.5. The Bertz CT molecular complexity index is 879. The van der Waals surface area contributed by atoms with Crippen LogP contribution in [0.5, 0.6) is 0 Å². The monoisotopic (exact) mass is 439 g/mol. The summed E-state index contributed by atoms with van der Waals surface area (Å²) < 4.78 is 50.4. The Hall–Kier alpha value is -1.71. The maximum absolute atomic E-state index is 13.6. The van der Waals surface area contributed by atoms with E-state index in [-0.39, 0.29) is 42.6 Å². The Labute approximate surface area is 179 Å². The van der Waals surface area contributed by atoms with Gasteiger partial charge >= 0.3 is 6.18 Å². The van der Waals surface area contributed by atoms with Crippen LogP contribution in [0.2, 0.25) is 0 Å². The molecule has 4 unspecified atom stereocenters. The molecule has 1 aromatic heterocycles. The highest BCUT2D eigenvalue weighted by Crippen LogP contribution is 2.54. The standard InChI is InChI=1S/C22H28F3N3O3/c1-12-18-6-16-13(5-14(8-26-16)22(23,24)25)9-28(18)20(29)21(12)4-3-15(7-21)27-17-10-31-11-19(17)30-2/h5,8,12,15,17-19,27H,3-4,6-7,9-11H2,1-2H3/t12?,15-,17?,18?,19?,21+/m1/s1. The maximum atomic E-state index is 13.6. The molecule has 9 heteroatoms. The number of aromatic nitrogens is 1. The van der Waals surface area contributed by atoms with Gasteiger partial charge in [-0.15, -0.1) is 0 Å². The fraction of sp³-hybridized carbons (Fsp3) is 0.727. The van der Waals surface area contributed by atoms with Crippen molar-refractivity contribution in [2.24, 2.45) is 11.3 Å². The molecule has 6 atom stereocenters. The molecule has 4 heterocycles. The Morgan fingerprint density at radius 2 is 2.16 bits per heavy atom. The van der Waals surface area contributed by atoms with Gasteiger partial charge in [-0.05, 0) is 36.8 Å². The third kappa shape index (κ3) is 3.36. The molecule has 31 heavy (non-hydrogen) atoms. The lowest BCUT2D eigenvalue weighted by molar-refractivity contribution is -0.138. The van der Waals surface area contributed by atoms with Crippen molar-refractivity contribution in [3.8, 4) is 0 Å². The van der Waals surface area contributed by atoms with Gasteiger partial charge in [0.05, 0.1) is 36.3 Å². The molecule has 170 valence electrons. The number of carbonyl (C=O) groups is 1. The molecule has 0 aromatic carbocycles. The van der Waals surface area contributed by atoms with Crippen molar-refractivity contribution >= 4 is 5.91 Å². The number of fused-ring (bicyclic) bond motifs is 2. The van der Waals surface area contributed by atoms with Crippen molar-refractivity contribution in [3.63, 3.8) is 0 Å². The number of hydrogen-bond acceptors (Lipinski definition) is 5. The quantitative estimate of drug-likeness (QED) is 0.784. The first-order chi connectivity index (χ1) is 14.7. The van der Waals surface area contributed by atoms with Crippen LogP contribution in [0.4, 0.5) is 13.2 Å². The van der Waals surface area contributed by atoms with Crippen molar-refractivity contribution in [1.82, 2.24) is 15.2 Å². The van der Waals surface area contributed by atoms with Crippen molar-refractivity contribution in [2.75, 3.05) is 20.3 Å². The number of amides is 1. The third-order valence-corrected chi connectivity index (χ3v) is 8.00. The van der Waals surface area contributed by atoms with Gasteiger partial charge in [-0.25, -0.2) is 0 Å². The van der Waals surface area contributed by atoms with Gasteiger partial charge in [0.2, 0.25) is 5.91 Å². The van der Waals surface area contributed by atoms with Gasteiger partial charge in [0.25, 0.3) is 0 Å². The van der Waals surface area contributed by atoms with Crippen molar-refractivity contribution < 1.29 is 27.4 Å². The van der Waals surface area contributed by atoms with E-state index in [1.165, 1.54) is 0 Å². The minimum absolute atomic E-state index is 0.00970. The van der Waals surface area contributed by atoms with Crippen LogP contribution < -0.4 is 5.32 Å². The number of carbonyl (C=O) groups excluding carboxylic acids is 1. The summed E-state index contributed by atoms with van der Waals surface area (Å²) in [7, 11) is 1.68. The minimum Gasteiger partial charge on any atom is -0.377 e. The molecule has 4 aliphatic rings. The SMILES string of the molecule is COC1COCC1N[C@@H]1CC[C@@]2(C1)C(=O)N1Cc3cc(C(F)(F)F)cnc3CC1C2C. The molecule has 3 aliphatic heterocycles. The zero-order chi connectivity index (χ0) is 22.0. The number of alkyl halides is 3. The van der Waals surface area contributed by atoms with Crippen LogP contribution in [0, 0.1) is 11.3 Å². The lowest BCUT2D eigenvalue weighted by Gasteiger charge is -2.33. The molecule has 1 saturated carbocycles. The van der Waals surface area contributed by atoms with Gasteiger partial charge < -0.3 is 19.7 Å². The largest absolute Gasteiger partial charge is 0.417 e. The molecule has 1 aromatic rings. The highest BCUT2D eigenvalue weighted by molar-refractivity contribution is 5.87. The van der Waals surface area contributed by atoms with Crippen molar-refractivity contribution in [2.45, 2.75) is 69.6 Å². The van der Waals surface area contributed by atoms with E-state index in [1.807, 2.05) is 4.90 Å². The second-order valence-electron chi connectivity index (χ2n) is 9.50. The van der Waals surface area contributed by atoms with Crippen LogP contribution in [0.3, 0.4) is 0 Å². The zero-order valence-electron chi connectivity index (χ0n) is 17.7. The second kappa shape index (κ2) is 7.42. The van der Waals surface area contributed by atoms with E-state index in [0.29, 0.717) is 30.9 Å². The topological polar surface area (TPSA) is 63.7 Å². The highest BCUT2D eigenvalue weighted by Gasteiger charge is 2.60. The first-order valence-corrected chi connectivity index (χ1v) is 11.0. The smallest absolute Gasteiger partial charge is 0.377 e. The number of ether oxygens (including phenoxy) is 2. The molecule has 1 aliphatic carbocycles. The Morgan fingerprint density at radius 1 is 1.35 bits per heavy atom. The number of pyridine rings is 1. The van der Waals surface area contributed by atoms with Gasteiger partial charge in [-0.3, -0.25) is 9.78 Å². The summed E-state index contributed by atoms with van der Waals surface area (Å²) in [6, 6.07) is 1.47. The Balaban J connectivity index is 1.34. The molecule has 1 N–H and O–H groups in total. The molecule has 2 saturated heterocycles. The molecule has 6 nitrogen and oxygen atoms in total. The van der Waals surface area contributed by atoms with E-state index in [0.717, 1.165) is 31.5 Å². The lowest BCUT2D eigenvalue weighted by atomic mass is 9.73. The molecule has 3 fully saturated rings. The highest BCUT2D eigenvalue weighted by atomic mass is 19.4. The number of halogens is 3. The van der Waals surface area contributed by atoms with E-state index in [1.54, 1.807) is 7.11 Å². The Morgan fingerprint density at radius 3 is 2.90 bits per heavy atom. The summed E-state index contributed by atoms with van der Waals surface area (Å²) in [5, 5.41) is 3.64. The van der Waals surface area contributed by atoms with Crippen LogP contribution in [0.25, 0.3) is 0 Å². The van der Waals surface area contributed by atoms with Crippen LogP contribution in [0.15, 0.2) is 12.3 Å². The Kier molecular flexibility index (Phi) is 5.06. The average Bonchev–Trinajstić information content (AvgIpc) is 3.42. The van der Waals surface area contributed by atoms with Crippen LogP contribution in [-0.4, -0.2) is 60.3 Å². The zero-order valence-corrected chi connectivity index (χ0v) is 17.7. The number of nitrogens with zero attached hydrogens (tertiary/aromatic N) is 2. The lowest BCUT2D eigenvalue weighted by Crippen LogP contribution is -2.45. The van der Waals surface area contributed by atoms with Gasteiger partial charge in [0.1, 0.15) is 0 Å². The third-order valence-electron chi connectivity index (χ3n) is 8.00. The summed E-state index contributed by atoms with van der Waals surface area (Å²) in [5.41, 5.74) is -0.0121. The molecule has 5 rings (SSSR count). The van der Waals surface area contributed by atoms with E-state index < -0.39 is 17.2 Å². The van der Waals surface area contributed by atoms with Crippen LogP contribution in [-0.2, 0) is 33.4 Å². The molecule has 1 amide bonds. The van der Waals surface area contributed by atoms with E-state index in [9.17, 15) is 18.0 Å². The normalized spacial score (nSPS) is 37.5.